The summed E-state index contributed by atoms with van der Waals surface area (Å²) in [5.41, 5.74) is 4.12. The summed E-state index contributed by atoms with van der Waals surface area (Å²) >= 11 is 0. The second-order valence-corrected chi connectivity index (χ2v) is 19.6. The third-order valence-electron chi connectivity index (χ3n) is 5.25. The Kier molecular flexibility index (Phi) is 12.0. The molecule has 0 N–H and O–H groups in total. The molecular formula is C23H46OSi2. The molecule has 0 aliphatic carbocycles. The molecule has 0 aromatic rings. The van der Waals surface area contributed by atoms with Crippen molar-refractivity contribution < 1.29 is 4.43 Å². The summed E-state index contributed by atoms with van der Waals surface area (Å²) in [6.45, 7) is 27.0. The van der Waals surface area contributed by atoms with Gasteiger partial charge in [0, 0.05) is 8.07 Å². The van der Waals surface area contributed by atoms with Crippen LogP contribution in [0.3, 0.4) is 0 Å². The average Bonchev–Trinajstić information content (AvgIpc) is 2.50. The molecule has 1 nitrogen and oxygen atoms in total. The van der Waals surface area contributed by atoms with Gasteiger partial charge in [0.05, 0.1) is 6.10 Å². The van der Waals surface area contributed by atoms with Crippen LogP contribution in [0.4, 0.5) is 0 Å². The Morgan fingerprint density at radius 1 is 0.962 bits per heavy atom. The van der Waals surface area contributed by atoms with E-state index in [9.17, 15) is 0 Å². The van der Waals surface area contributed by atoms with Gasteiger partial charge in [-0.2, -0.15) is 0 Å². The van der Waals surface area contributed by atoms with E-state index in [1.807, 2.05) is 0 Å². The minimum atomic E-state index is -1.61. The SMILES string of the molecule is C=C(C)CCC/C(C)=C/[C@H](CC(=C)C[Si](C)(C)C)O[Si](CC)(CC)CC. The largest absolute Gasteiger partial charge is 0.410 e. The van der Waals surface area contributed by atoms with Crippen molar-refractivity contribution in [3.8, 4) is 0 Å². The van der Waals surface area contributed by atoms with Crippen molar-refractivity contribution in [1.29, 1.82) is 0 Å². The van der Waals surface area contributed by atoms with Crippen molar-refractivity contribution in [2.24, 2.45) is 0 Å². The standard InChI is InChI=1S/C23H46OSi2/c1-11-26(12-2,13-3)24-23(18-22(7)19-25(8,9)10)17-21(6)16-14-15-20(4)5/h17,23H,4,7,11-16,18-19H2,1-3,5-6,8-10H3/b21-17+/t23-/m1/s1. The van der Waals surface area contributed by atoms with E-state index in [0.717, 1.165) is 19.3 Å². The molecule has 152 valence electrons. The molecule has 26 heavy (non-hydrogen) atoms. The lowest BCUT2D eigenvalue weighted by atomic mass is 10.0. The predicted molar refractivity (Wildman–Crippen MR) is 126 cm³/mol. The molecule has 0 aliphatic heterocycles. The van der Waals surface area contributed by atoms with Gasteiger partial charge in [-0.05, 0) is 63.7 Å². The molecule has 0 spiro atoms. The first-order valence-corrected chi connectivity index (χ1v) is 16.9. The van der Waals surface area contributed by atoms with Crippen LogP contribution in [-0.4, -0.2) is 22.5 Å². The fourth-order valence-corrected chi connectivity index (χ4v) is 8.07. The average molecular weight is 395 g/mol. The smallest absolute Gasteiger partial charge is 0.192 e. The Labute approximate surface area is 167 Å². The van der Waals surface area contributed by atoms with Gasteiger partial charge in [0.2, 0.25) is 0 Å². The number of hydrogen-bond acceptors (Lipinski definition) is 1. The third kappa shape index (κ3) is 11.4. The van der Waals surface area contributed by atoms with E-state index < -0.39 is 16.4 Å². The number of allylic oxidation sites excluding steroid dienone is 2. The van der Waals surface area contributed by atoms with Crippen LogP contribution in [0.5, 0.6) is 0 Å². The monoisotopic (exact) mass is 394 g/mol. The molecular weight excluding hydrogens is 348 g/mol. The van der Waals surface area contributed by atoms with Gasteiger partial charge < -0.3 is 4.43 Å². The van der Waals surface area contributed by atoms with Crippen molar-refractivity contribution in [1.82, 2.24) is 0 Å². The fraction of sp³-hybridized carbons (Fsp3) is 0.739. The lowest BCUT2D eigenvalue weighted by Gasteiger charge is -2.33. The Bertz CT molecular complexity index is 459. The van der Waals surface area contributed by atoms with E-state index in [4.69, 9.17) is 4.43 Å². The second-order valence-electron chi connectivity index (χ2n) is 9.42. The molecule has 0 rings (SSSR count). The molecule has 3 heteroatoms. The zero-order valence-corrected chi connectivity index (χ0v) is 21.1. The first-order chi connectivity index (χ1) is 12.0. The van der Waals surface area contributed by atoms with Gasteiger partial charge in [0.15, 0.2) is 8.32 Å². The van der Waals surface area contributed by atoms with Crippen LogP contribution in [0.2, 0.25) is 43.8 Å². The van der Waals surface area contributed by atoms with Crippen LogP contribution in [0.1, 0.15) is 60.3 Å². The summed E-state index contributed by atoms with van der Waals surface area (Å²) < 4.78 is 6.87. The van der Waals surface area contributed by atoms with Crippen molar-refractivity contribution in [2.45, 2.75) is 110 Å². The maximum absolute atomic E-state index is 6.87. The first-order valence-electron chi connectivity index (χ1n) is 10.6. The van der Waals surface area contributed by atoms with Gasteiger partial charge in [-0.15, -0.1) is 13.2 Å². The quantitative estimate of drug-likeness (QED) is 0.212. The van der Waals surface area contributed by atoms with Crippen molar-refractivity contribution in [2.75, 3.05) is 0 Å². The molecule has 0 bridgehead atoms. The Balaban J connectivity index is 5.19. The van der Waals surface area contributed by atoms with Crippen LogP contribution in [0.15, 0.2) is 36.0 Å². The van der Waals surface area contributed by atoms with Gasteiger partial charge in [-0.1, -0.05) is 63.2 Å². The van der Waals surface area contributed by atoms with Crippen LogP contribution in [-0.2, 0) is 4.43 Å². The minimum absolute atomic E-state index is 0.218. The van der Waals surface area contributed by atoms with Gasteiger partial charge in [-0.3, -0.25) is 0 Å². The Morgan fingerprint density at radius 2 is 1.50 bits per heavy atom. The normalized spacial score (nSPS) is 14.4. The zero-order valence-electron chi connectivity index (χ0n) is 19.1. The second kappa shape index (κ2) is 12.1. The summed E-state index contributed by atoms with van der Waals surface area (Å²) in [5, 5.41) is 0. The van der Waals surface area contributed by atoms with Gasteiger partial charge >= 0.3 is 0 Å². The van der Waals surface area contributed by atoms with Crippen molar-refractivity contribution >= 4 is 16.4 Å². The van der Waals surface area contributed by atoms with Crippen molar-refractivity contribution in [3.63, 3.8) is 0 Å². The summed E-state index contributed by atoms with van der Waals surface area (Å²) in [6, 6.07) is 4.83. The summed E-state index contributed by atoms with van der Waals surface area (Å²) in [6.07, 6.45) is 7.09. The highest BCUT2D eigenvalue weighted by atomic mass is 28.4. The topological polar surface area (TPSA) is 9.23 Å². The molecule has 0 saturated carbocycles. The Morgan fingerprint density at radius 3 is 1.92 bits per heavy atom. The molecule has 0 heterocycles. The molecule has 0 radical (unpaired) electrons. The maximum Gasteiger partial charge on any atom is 0.192 e. The maximum atomic E-state index is 6.87. The van der Waals surface area contributed by atoms with Gasteiger partial charge in [0.25, 0.3) is 0 Å². The highest BCUT2D eigenvalue weighted by Gasteiger charge is 2.31. The first kappa shape index (κ1) is 25.6. The molecule has 0 aromatic heterocycles. The van der Waals surface area contributed by atoms with E-state index in [2.05, 4.69) is 73.5 Å². The lowest BCUT2D eigenvalue weighted by Crippen LogP contribution is -2.39. The molecule has 0 amide bonds. The minimum Gasteiger partial charge on any atom is -0.410 e. The van der Waals surface area contributed by atoms with Crippen molar-refractivity contribution in [3.05, 3.63) is 36.0 Å². The van der Waals surface area contributed by atoms with Gasteiger partial charge in [0.1, 0.15) is 0 Å². The van der Waals surface area contributed by atoms with E-state index in [1.165, 1.54) is 47.3 Å². The molecule has 0 aliphatic rings. The summed E-state index contributed by atoms with van der Waals surface area (Å²) in [4.78, 5) is 0. The van der Waals surface area contributed by atoms with E-state index in [0.29, 0.717) is 0 Å². The van der Waals surface area contributed by atoms with Gasteiger partial charge in [-0.25, -0.2) is 0 Å². The van der Waals surface area contributed by atoms with E-state index >= 15 is 0 Å². The molecule has 0 unspecified atom stereocenters. The number of rotatable bonds is 14. The highest BCUT2D eigenvalue weighted by Crippen LogP contribution is 2.28. The third-order valence-corrected chi connectivity index (χ3v) is 11.5. The van der Waals surface area contributed by atoms with Crippen LogP contribution >= 0.6 is 0 Å². The van der Waals surface area contributed by atoms with E-state index in [-0.39, 0.29) is 6.10 Å². The summed E-state index contributed by atoms with van der Waals surface area (Å²) in [5.74, 6) is 0. The van der Waals surface area contributed by atoms with Crippen LogP contribution in [0.25, 0.3) is 0 Å². The molecule has 0 fully saturated rings. The van der Waals surface area contributed by atoms with Crippen LogP contribution in [0, 0.1) is 0 Å². The van der Waals surface area contributed by atoms with Crippen LogP contribution < -0.4 is 0 Å². The molecule has 0 saturated heterocycles. The molecule has 1 atom stereocenters. The lowest BCUT2D eigenvalue weighted by molar-refractivity contribution is 0.232. The fourth-order valence-electron chi connectivity index (χ4n) is 3.63. The van der Waals surface area contributed by atoms with E-state index in [1.54, 1.807) is 0 Å². The Hall–Kier alpha value is -0.386. The predicted octanol–water partition coefficient (Wildman–Crippen LogP) is 8.35. The summed E-state index contributed by atoms with van der Waals surface area (Å²) in [7, 11) is -2.73. The number of hydrogen-bond donors (Lipinski definition) is 0. The molecule has 0 aromatic carbocycles. The zero-order chi connectivity index (χ0) is 20.4. The highest BCUT2D eigenvalue weighted by molar-refractivity contribution is 6.76.